The normalized spacial score (nSPS) is 17.0. The van der Waals surface area contributed by atoms with Gasteiger partial charge in [0, 0.05) is 13.7 Å². The number of carbonyl (C=O) groups excluding carboxylic acids is 1. The van der Waals surface area contributed by atoms with Gasteiger partial charge in [-0.15, -0.1) is 10.2 Å². The number of amides is 1. The molecule has 0 spiro atoms. The van der Waals surface area contributed by atoms with Crippen LogP contribution in [-0.4, -0.2) is 45.8 Å². The van der Waals surface area contributed by atoms with E-state index in [9.17, 15) is 4.79 Å². The molecule has 0 unspecified atom stereocenters. The van der Waals surface area contributed by atoms with Crippen LogP contribution in [0.15, 0.2) is 24.3 Å². The van der Waals surface area contributed by atoms with Crippen molar-refractivity contribution in [3.05, 3.63) is 40.9 Å². The van der Waals surface area contributed by atoms with Gasteiger partial charge in [-0.1, -0.05) is 23.7 Å². The molecule has 128 valence electrons. The van der Waals surface area contributed by atoms with Crippen LogP contribution in [0.3, 0.4) is 0 Å². The zero-order valence-corrected chi connectivity index (χ0v) is 14.4. The van der Waals surface area contributed by atoms with Gasteiger partial charge in [-0.2, -0.15) is 0 Å². The Labute approximate surface area is 145 Å². The van der Waals surface area contributed by atoms with E-state index in [0.717, 1.165) is 5.82 Å². The Morgan fingerprint density at radius 2 is 2.12 bits per heavy atom. The van der Waals surface area contributed by atoms with Crippen LogP contribution in [0.5, 0.6) is 5.75 Å². The third-order valence-electron chi connectivity index (χ3n) is 3.98. The summed E-state index contributed by atoms with van der Waals surface area (Å²) in [6.45, 7) is 3.50. The van der Waals surface area contributed by atoms with Gasteiger partial charge in [-0.25, -0.2) is 0 Å². The molecule has 0 radical (unpaired) electrons. The van der Waals surface area contributed by atoms with Crippen LogP contribution in [0.4, 0.5) is 0 Å². The molecule has 1 aromatic carbocycles. The molecule has 1 aliphatic rings. The summed E-state index contributed by atoms with van der Waals surface area (Å²) in [7, 11) is 1.62. The quantitative estimate of drug-likeness (QED) is 0.797. The molecule has 0 saturated heterocycles. The molecular formula is C16H19ClN4O3. The van der Waals surface area contributed by atoms with E-state index in [1.54, 1.807) is 24.1 Å². The molecule has 2 heterocycles. The van der Waals surface area contributed by atoms with Crippen molar-refractivity contribution in [2.45, 2.75) is 26.1 Å². The molecule has 1 aliphatic heterocycles. The first-order valence-electron chi connectivity index (χ1n) is 7.69. The number of ether oxygens (including phenoxy) is 2. The average molecular weight is 351 g/mol. The fourth-order valence-corrected chi connectivity index (χ4v) is 2.92. The third-order valence-corrected chi connectivity index (χ3v) is 4.30. The molecule has 1 aromatic heterocycles. The maximum absolute atomic E-state index is 12.5. The molecule has 1 atom stereocenters. The topological polar surface area (TPSA) is 69.5 Å². The number of hydrogen-bond donors (Lipinski definition) is 0. The highest BCUT2D eigenvalue weighted by Crippen LogP contribution is 2.26. The number of aromatic nitrogens is 3. The van der Waals surface area contributed by atoms with Crippen molar-refractivity contribution in [2.24, 2.45) is 0 Å². The van der Waals surface area contributed by atoms with Crippen LogP contribution in [0, 0.1) is 0 Å². The highest BCUT2D eigenvalue weighted by molar-refractivity contribution is 6.32. The molecule has 8 heteroatoms. The first kappa shape index (κ1) is 16.7. The summed E-state index contributed by atoms with van der Waals surface area (Å²) in [6, 6.07) is 6.86. The predicted molar refractivity (Wildman–Crippen MR) is 87.8 cm³/mol. The minimum atomic E-state index is -0.370. The van der Waals surface area contributed by atoms with E-state index in [1.165, 1.54) is 0 Å². The molecule has 0 fully saturated rings. The van der Waals surface area contributed by atoms with Crippen molar-refractivity contribution in [3.8, 4) is 5.75 Å². The van der Waals surface area contributed by atoms with Crippen LogP contribution in [-0.2, 0) is 22.7 Å². The number of methoxy groups -OCH3 is 1. The van der Waals surface area contributed by atoms with Crippen molar-refractivity contribution in [1.29, 1.82) is 0 Å². The zero-order chi connectivity index (χ0) is 17.1. The number of hydrogen-bond acceptors (Lipinski definition) is 5. The molecule has 24 heavy (non-hydrogen) atoms. The molecule has 0 N–H and O–H groups in total. The lowest BCUT2D eigenvalue weighted by atomic mass is 10.2. The summed E-state index contributed by atoms with van der Waals surface area (Å²) in [5.41, 5.74) is 0. The highest BCUT2D eigenvalue weighted by atomic mass is 35.5. The van der Waals surface area contributed by atoms with Gasteiger partial charge in [0.05, 0.1) is 18.2 Å². The first-order chi connectivity index (χ1) is 11.6. The number of halogens is 1. The summed E-state index contributed by atoms with van der Waals surface area (Å²) < 4.78 is 12.6. The number of nitrogens with zero attached hydrogens (tertiary/aromatic N) is 4. The lowest BCUT2D eigenvalue weighted by Gasteiger charge is -2.31. The van der Waals surface area contributed by atoms with E-state index in [0.29, 0.717) is 36.3 Å². The number of rotatable bonds is 6. The molecule has 0 bridgehead atoms. The minimum absolute atomic E-state index is 0.0262. The SMILES string of the molecule is COCCN1Cc2nnc(COc3ccccc3Cl)n2[C@@H](C)C1=O. The highest BCUT2D eigenvalue weighted by Gasteiger charge is 2.32. The molecule has 1 amide bonds. The molecule has 7 nitrogen and oxygen atoms in total. The Morgan fingerprint density at radius 3 is 2.88 bits per heavy atom. The van der Waals surface area contributed by atoms with E-state index in [-0.39, 0.29) is 18.6 Å². The van der Waals surface area contributed by atoms with Gasteiger partial charge < -0.3 is 14.4 Å². The second-order valence-corrected chi connectivity index (χ2v) is 5.96. The summed E-state index contributed by atoms with van der Waals surface area (Å²) >= 11 is 6.09. The Hall–Kier alpha value is -2.12. The lowest BCUT2D eigenvalue weighted by Crippen LogP contribution is -2.43. The summed E-state index contributed by atoms with van der Waals surface area (Å²) in [6.07, 6.45) is 0. The average Bonchev–Trinajstić information content (AvgIpc) is 2.99. The predicted octanol–water partition coefficient (Wildman–Crippen LogP) is 2.06. The van der Waals surface area contributed by atoms with Crippen LogP contribution in [0.1, 0.15) is 24.6 Å². The van der Waals surface area contributed by atoms with Gasteiger partial charge in [-0.3, -0.25) is 9.36 Å². The maximum Gasteiger partial charge on any atom is 0.245 e. The monoisotopic (exact) mass is 350 g/mol. The Kier molecular flexibility index (Phi) is 5.01. The largest absolute Gasteiger partial charge is 0.484 e. The lowest BCUT2D eigenvalue weighted by molar-refractivity contribution is -0.137. The Morgan fingerprint density at radius 1 is 1.33 bits per heavy atom. The maximum atomic E-state index is 12.5. The number of fused-ring (bicyclic) bond motifs is 1. The first-order valence-corrected chi connectivity index (χ1v) is 8.07. The van der Waals surface area contributed by atoms with Crippen molar-refractivity contribution in [1.82, 2.24) is 19.7 Å². The molecular weight excluding hydrogens is 332 g/mol. The summed E-state index contributed by atoms with van der Waals surface area (Å²) in [5, 5.41) is 8.91. The second-order valence-electron chi connectivity index (χ2n) is 5.55. The standard InChI is InChI=1S/C16H19ClN4O3/c1-11-16(22)20(7-8-23-2)9-14-18-19-15(21(11)14)10-24-13-6-4-3-5-12(13)17/h3-6,11H,7-10H2,1-2H3/t11-/m0/s1. The fraction of sp³-hybridized carbons (Fsp3) is 0.438. The van der Waals surface area contributed by atoms with Gasteiger partial charge in [0.25, 0.3) is 0 Å². The minimum Gasteiger partial charge on any atom is -0.484 e. The van der Waals surface area contributed by atoms with Crippen molar-refractivity contribution in [2.75, 3.05) is 20.3 Å². The van der Waals surface area contributed by atoms with E-state index in [4.69, 9.17) is 21.1 Å². The zero-order valence-electron chi connectivity index (χ0n) is 13.6. The fourth-order valence-electron chi connectivity index (χ4n) is 2.73. The van der Waals surface area contributed by atoms with Crippen LogP contribution >= 0.6 is 11.6 Å². The number of carbonyl (C=O) groups is 1. The smallest absolute Gasteiger partial charge is 0.245 e. The Bertz CT molecular complexity index is 734. The van der Waals surface area contributed by atoms with E-state index >= 15 is 0 Å². The number of benzene rings is 1. The van der Waals surface area contributed by atoms with Gasteiger partial charge in [0.2, 0.25) is 5.91 Å². The molecule has 0 saturated carbocycles. The van der Waals surface area contributed by atoms with Gasteiger partial charge in [0.1, 0.15) is 18.4 Å². The van der Waals surface area contributed by atoms with E-state index in [2.05, 4.69) is 10.2 Å². The van der Waals surface area contributed by atoms with Crippen LogP contribution in [0.25, 0.3) is 0 Å². The van der Waals surface area contributed by atoms with Crippen LogP contribution < -0.4 is 4.74 Å². The molecule has 3 rings (SSSR count). The second kappa shape index (κ2) is 7.19. The molecule has 2 aromatic rings. The van der Waals surface area contributed by atoms with E-state index < -0.39 is 0 Å². The van der Waals surface area contributed by atoms with Crippen LogP contribution in [0.2, 0.25) is 5.02 Å². The van der Waals surface area contributed by atoms with Crippen molar-refractivity contribution >= 4 is 17.5 Å². The number of para-hydroxylation sites is 1. The Balaban J connectivity index is 1.76. The van der Waals surface area contributed by atoms with Gasteiger partial charge >= 0.3 is 0 Å². The third kappa shape index (κ3) is 3.22. The summed E-state index contributed by atoms with van der Waals surface area (Å²) in [5.74, 6) is 1.96. The van der Waals surface area contributed by atoms with Crippen molar-refractivity contribution < 1.29 is 14.3 Å². The van der Waals surface area contributed by atoms with Gasteiger partial charge in [-0.05, 0) is 19.1 Å². The van der Waals surface area contributed by atoms with E-state index in [1.807, 2.05) is 23.6 Å². The van der Waals surface area contributed by atoms with Crippen molar-refractivity contribution in [3.63, 3.8) is 0 Å². The van der Waals surface area contributed by atoms with Gasteiger partial charge in [0.15, 0.2) is 11.6 Å². The summed E-state index contributed by atoms with van der Waals surface area (Å²) in [4.78, 5) is 14.2. The molecule has 0 aliphatic carbocycles.